The topological polar surface area (TPSA) is 0 Å². The van der Waals surface area contributed by atoms with E-state index in [2.05, 4.69) is 61.6 Å². The zero-order valence-corrected chi connectivity index (χ0v) is 16.5. The highest BCUT2D eigenvalue weighted by Gasteiger charge is 2.24. The molecule has 3 unspecified atom stereocenters. The van der Waals surface area contributed by atoms with Crippen molar-refractivity contribution in [2.75, 3.05) is 12.0 Å². The van der Waals surface area contributed by atoms with Gasteiger partial charge >= 0.3 is 0 Å². The molecule has 3 atom stereocenters. The molecule has 0 fully saturated rings. The van der Waals surface area contributed by atoms with Crippen LogP contribution in [-0.2, 0) is 0 Å². The Hall–Kier alpha value is 0.350. The SMILES string of the molecule is CSCC(CCC(C)CC(C)(C)C)C(C)CC(C)(C)C. The van der Waals surface area contributed by atoms with Gasteiger partial charge in [0, 0.05) is 0 Å². The van der Waals surface area contributed by atoms with Gasteiger partial charge in [-0.25, -0.2) is 0 Å². The lowest BCUT2D eigenvalue weighted by atomic mass is 9.77. The van der Waals surface area contributed by atoms with Crippen LogP contribution in [-0.4, -0.2) is 12.0 Å². The highest BCUT2D eigenvalue weighted by atomic mass is 32.2. The Morgan fingerprint density at radius 3 is 1.70 bits per heavy atom. The molecule has 0 spiro atoms. The normalized spacial score (nSPS) is 17.9. The maximum atomic E-state index is 2.47. The molecule has 0 aliphatic rings. The molecule has 0 aromatic rings. The van der Waals surface area contributed by atoms with Crippen LogP contribution in [0.2, 0.25) is 0 Å². The van der Waals surface area contributed by atoms with Crippen molar-refractivity contribution in [1.29, 1.82) is 0 Å². The third kappa shape index (κ3) is 11.1. The van der Waals surface area contributed by atoms with Crippen LogP contribution in [0.25, 0.3) is 0 Å². The molecule has 0 aromatic carbocycles. The van der Waals surface area contributed by atoms with Crippen molar-refractivity contribution >= 4 is 11.8 Å². The molecular weight excluding hydrogens is 260 g/mol. The van der Waals surface area contributed by atoms with E-state index in [1.807, 2.05) is 11.8 Å². The maximum Gasteiger partial charge on any atom is -0.00394 e. The molecule has 0 N–H and O–H groups in total. The van der Waals surface area contributed by atoms with E-state index in [4.69, 9.17) is 0 Å². The molecule has 1 heteroatoms. The van der Waals surface area contributed by atoms with Crippen LogP contribution in [0.15, 0.2) is 0 Å². The molecule has 20 heavy (non-hydrogen) atoms. The van der Waals surface area contributed by atoms with Crippen molar-refractivity contribution < 1.29 is 0 Å². The van der Waals surface area contributed by atoms with Crippen LogP contribution in [0.1, 0.15) is 81.1 Å². The predicted molar refractivity (Wildman–Crippen MR) is 97.6 cm³/mol. The number of thioether (sulfide) groups is 1. The number of hydrogen-bond donors (Lipinski definition) is 0. The fraction of sp³-hybridized carbons (Fsp3) is 1.00. The minimum Gasteiger partial charge on any atom is -0.165 e. The molecule has 122 valence electrons. The molecular formula is C19H40S. The summed E-state index contributed by atoms with van der Waals surface area (Å²) in [6, 6.07) is 0. The molecule has 0 heterocycles. The van der Waals surface area contributed by atoms with Gasteiger partial charge in [-0.15, -0.1) is 0 Å². The lowest BCUT2D eigenvalue weighted by Crippen LogP contribution is -2.21. The Balaban J connectivity index is 4.33. The molecule has 0 nitrogen and oxygen atoms in total. The van der Waals surface area contributed by atoms with Gasteiger partial charge in [0.2, 0.25) is 0 Å². The van der Waals surface area contributed by atoms with E-state index in [1.54, 1.807) is 0 Å². The summed E-state index contributed by atoms with van der Waals surface area (Å²) >= 11 is 2.03. The van der Waals surface area contributed by atoms with Gasteiger partial charge in [-0.2, -0.15) is 11.8 Å². The number of hydrogen-bond acceptors (Lipinski definition) is 1. The third-order valence-electron chi connectivity index (χ3n) is 4.11. The van der Waals surface area contributed by atoms with Crippen molar-refractivity contribution in [3.63, 3.8) is 0 Å². The average Bonchev–Trinajstić information content (AvgIpc) is 2.18. The largest absolute Gasteiger partial charge is 0.165 e. The van der Waals surface area contributed by atoms with E-state index >= 15 is 0 Å². The molecule has 0 rings (SSSR count). The molecule has 0 aliphatic carbocycles. The predicted octanol–water partition coefficient (Wildman–Crippen LogP) is 6.89. The van der Waals surface area contributed by atoms with Gasteiger partial charge in [0.05, 0.1) is 0 Å². The first kappa shape index (κ1) is 20.3. The Labute approximate surface area is 133 Å². The lowest BCUT2D eigenvalue weighted by Gasteiger charge is -2.31. The van der Waals surface area contributed by atoms with E-state index in [1.165, 1.54) is 31.4 Å². The quantitative estimate of drug-likeness (QED) is 0.470. The summed E-state index contributed by atoms with van der Waals surface area (Å²) in [7, 11) is 0. The summed E-state index contributed by atoms with van der Waals surface area (Å²) in [6.07, 6.45) is 7.78. The first-order valence-corrected chi connectivity index (χ1v) is 9.83. The molecule has 0 aliphatic heterocycles. The minimum absolute atomic E-state index is 0.465. The zero-order valence-electron chi connectivity index (χ0n) is 15.7. The fourth-order valence-corrected chi connectivity index (χ4v) is 4.45. The van der Waals surface area contributed by atoms with E-state index in [0.717, 1.165) is 17.8 Å². The first-order chi connectivity index (χ1) is 8.94. The van der Waals surface area contributed by atoms with Gasteiger partial charge in [0.15, 0.2) is 0 Å². The van der Waals surface area contributed by atoms with Crippen LogP contribution < -0.4 is 0 Å². The molecule has 0 amide bonds. The maximum absolute atomic E-state index is 2.47. The van der Waals surface area contributed by atoms with Gasteiger partial charge in [-0.05, 0) is 59.9 Å². The summed E-state index contributed by atoms with van der Waals surface area (Å²) in [5.74, 6) is 3.94. The second-order valence-corrected chi connectivity index (χ2v) is 10.3. The van der Waals surface area contributed by atoms with Crippen LogP contribution in [0.4, 0.5) is 0 Å². The van der Waals surface area contributed by atoms with E-state index in [0.29, 0.717) is 10.8 Å². The highest BCUT2D eigenvalue weighted by molar-refractivity contribution is 7.98. The van der Waals surface area contributed by atoms with Gasteiger partial charge in [0.25, 0.3) is 0 Å². The second kappa shape index (κ2) is 8.71. The standard InChI is InChI=1S/C19H40S/c1-15(12-18(3,4)5)10-11-17(14-20-9)16(2)13-19(6,7)8/h15-17H,10-14H2,1-9H3. The van der Waals surface area contributed by atoms with Gasteiger partial charge in [-0.1, -0.05) is 61.8 Å². The van der Waals surface area contributed by atoms with Crippen molar-refractivity contribution in [2.45, 2.75) is 81.1 Å². The number of rotatable bonds is 8. The van der Waals surface area contributed by atoms with E-state index < -0.39 is 0 Å². The van der Waals surface area contributed by atoms with Gasteiger partial charge in [-0.3, -0.25) is 0 Å². The fourth-order valence-electron chi connectivity index (χ4n) is 3.52. The molecule has 0 radical (unpaired) electrons. The van der Waals surface area contributed by atoms with Crippen molar-refractivity contribution in [2.24, 2.45) is 28.6 Å². The van der Waals surface area contributed by atoms with Crippen LogP contribution in [0, 0.1) is 28.6 Å². The monoisotopic (exact) mass is 300 g/mol. The molecule has 0 saturated carbocycles. The van der Waals surface area contributed by atoms with Crippen LogP contribution in [0.3, 0.4) is 0 Å². The van der Waals surface area contributed by atoms with Crippen LogP contribution >= 0.6 is 11.8 Å². The van der Waals surface area contributed by atoms with Crippen molar-refractivity contribution in [1.82, 2.24) is 0 Å². The Kier molecular flexibility index (Phi) is 8.86. The van der Waals surface area contributed by atoms with Crippen molar-refractivity contribution in [3.05, 3.63) is 0 Å². The molecule has 0 bridgehead atoms. The smallest absolute Gasteiger partial charge is 0.00394 e. The Morgan fingerprint density at radius 2 is 1.30 bits per heavy atom. The first-order valence-electron chi connectivity index (χ1n) is 8.43. The average molecular weight is 301 g/mol. The van der Waals surface area contributed by atoms with Crippen molar-refractivity contribution in [3.8, 4) is 0 Å². The minimum atomic E-state index is 0.465. The van der Waals surface area contributed by atoms with Gasteiger partial charge < -0.3 is 0 Å². The summed E-state index contributed by atoms with van der Waals surface area (Å²) < 4.78 is 0. The van der Waals surface area contributed by atoms with Crippen LogP contribution in [0.5, 0.6) is 0 Å². The van der Waals surface area contributed by atoms with Gasteiger partial charge in [0.1, 0.15) is 0 Å². The highest BCUT2D eigenvalue weighted by Crippen LogP contribution is 2.34. The molecule has 0 aromatic heterocycles. The Morgan fingerprint density at radius 1 is 0.800 bits per heavy atom. The summed E-state index contributed by atoms with van der Waals surface area (Å²) in [4.78, 5) is 0. The second-order valence-electron chi connectivity index (χ2n) is 9.40. The zero-order chi connectivity index (χ0) is 16.0. The molecule has 0 saturated heterocycles. The Bertz CT molecular complexity index is 243. The van der Waals surface area contributed by atoms with E-state index in [9.17, 15) is 0 Å². The lowest BCUT2D eigenvalue weighted by molar-refractivity contribution is 0.224. The third-order valence-corrected chi connectivity index (χ3v) is 4.87. The van der Waals surface area contributed by atoms with E-state index in [-0.39, 0.29) is 0 Å². The summed E-state index contributed by atoms with van der Waals surface area (Å²) in [5.41, 5.74) is 0.943. The summed E-state index contributed by atoms with van der Waals surface area (Å²) in [5, 5.41) is 0. The summed E-state index contributed by atoms with van der Waals surface area (Å²) in [6.45, 7) is 19.1.